The molecule has 0 saturated heterocycles. The molecule has 0 aliphatic heterocycles. The van der Waals surface area contributed by atoms with Crippen molar-refractivity contribution in [3.05, 3.63) is 41.3 Å². The number of methoxy groups -OCH3 is 1. The SMILES string of the molecule is COc1ccc(NC(=O)c2cc(NC3CCCC3)ncn2)cc1Cl. The van der Waals surface area contributed by atoms with Crippen molar-refractivity contribution >= 4 is 29.0 Å². The standard InChI is InChI=1S/C17H19ClN4O2/c1-24-15-7-6-12(8-13(15)18)22-17(23)14-9-16(20-10-19-14)21-11-4-2-3-5-11/h6-11H,2-5H2,1H3,(H,22,23)(H,19,20,21). The number of aromatic nitrogens is 2. The third-order valence-corrected chi connectivity index (χ3v) is 4.31. The van der Waals surface area contributed by atoms with Crippen LogP contribution in [-0.2, 0) is 0 Å². The molecule has 0 atom stereocenters. The van der Waals surface area contributed by atoms with Gasteiger partial charge in [-0.15, -0.1) is 0 Å². The van der Waals surface area contributed by atoms with Crippen LogP contribution in [0, 0.1) is 0 Å². The number of hydrogen-bond acceptors (Lipinski definition) is 5. The number of hydrogen-bond donors (Lipinski definition) is 2. The Labute approximate surface area is 145 Å². The summed E-state index contributed by atoms with van der Waals surface area (Å²) in [4.78, 5) is 20.6. The van der Waals surface area contributed by atoms with Crippen LogP contribution in [-0.4, -0.2) is 29.0 Å². The third-order valence-electron chi connectivity index (χ3n) is 4.02. The molecule has 1 heterocycles. The number of carbonyl (C=O) groups is 1. The fourth-order valence-electron chi connectivity index (χ4n) is 2.78. The van der Waals surface area contributed by atoms with E-state index in [1.807, 2.05) is 0 Å². The van der Waals surface area contributed by atoms with Crippen molar-refractivity contribution in [3.8, 4) is 5.75 Å². The second kappa shape index (κ2) is 7.49. The first kappa shape index (κ1) is 16.5. The van der Waals surface area contributed by atoms with Crippen LogP contribution in [0.15, 0.2) is 30.6 Å². The Bertz CT molecular complexity index is 732. The summed E-state index contributed by atoms with van der Waals surface area (Å²) < 4.78 is 5.10. The number of ether oxygens (including phenoxy) is 1. The fraction of sp³-hybridized carbons (Fsp3) is 0.353. The molecule has 0 bridgehead atoms. The smallest absolute Gasteiger partial charge is 0.274 e. The van der Waals surface area contributed by atoms with E-state index in [-0.39, 0.29) is 5.91 Å². The van der Waals surface area contributed by atoms with Crippen LogP contribution in [0.4, 0.5) is 11.5 Å². The predicted molar refractivity (Wildman–Crippen MR) is 93.9 cm³/mol. The number of carbonyl (C=O) groups excluding carboxylic acids is 1. The zero-order chi connectivity index (χ0) is 16.9. The highest BCUT2D eigenvalue weighted by Crippen LogP contribution is 2.27. The molecule has 1 saturated carbocycles. The molecule has 1 aromatic heterocycles. The van der Waals surface area contributed by atoms with E-state index >= 15 is 0 Å². The van der Waals surface area contributed by atoms with Crippen LogP contribution in [0.3, 0.4) is 0 Å². The molecule has 1 fully saturated rings. The van der Waals surface area contributed by atoms with E-state index in [2.05, 4.69) is 20.6 Å². The first-order valence-electron chi connectivity index (χ1n) is 7.89. The zero-order valence-electron chi connectivity index (χ0n) is 13.4. The second-order valence-electron chi connectivity index (χ2n) is 5.72. The van der Waals surface area contributed by atoms with Crippen LogP contribution >= 0.6 is 11.6 Å². The lowest BCUT2D eigenvalue weighted by atomic mass is 10.2. The summed E-state index contributed by atoms with van der Waals surface area (Å²) in [5.74, 6) is 0.919. The first-order valence-corrected chi connectivity index (χ1v) is 8.27. The highest BCUT2D eigenvalue weighted by atomic mass is 35.5. The molecule has 7 heteroatoms. The Hall–Kier alpha value is -2.34. The van der Waals surface area contributed by atoms with E-state index < -0.39 is 0 Å². The summed E-state index contributed by atoms with van der Waals surface area (Å²) >= 11 is 6.07. The van der Waals surface area contributed by atoms with Gasteiger partial charge in [0.2, 0.25) is 0 Å². The number of nitrogens with one attached hydrogen (secondary N) is 2. The minimum atomic E-state index is -0.312. The van der Waals surface area contributed by atoms with Crippen LogP contribution in [0.2, 0.25) is 5.02 Å². The van der Waals surface area contributed by atoms with Gasteiger partial charge in [-0.3, -0.25) is 4.79 Å². The molecule has 0 spiro atoms. The average Bonchev–Trinajstić information content (AvgIpc) is 3.08. The number of amides is 1. The molecule has 6 nitrogen and oxygen atoms in total. The van der Waals surface area contributed by atoms with Gasteiger partial charge < -0.3 is 15.4 Å². The van der Waals surface area contributed by atoms with Crippen LogP contribution in [0.25, 0.3) is 0 Å². The molecule has 0 radical (unpaired) electrons. The maximum Gasteiger partial charge on any atom is 0.274 e. The monoisotopic (exact) mass is 346 g/mol. The molecular formula is C17H19ClN4O2. The Kier molecular flexibility index (Phi) is 5.15. The maximum absolute atomic E-state index is 12.4. The van der Waals surface area contributed by atoms with Gasteiger partial charge in [-0.25, -0.2) is 9.97 Å². The number of halogens is 1. The second-order valence-corrected chi connectivity index (χ2v) is 6.12. The molecule has 1 aliphatic carbocycles. The van der Waals surface area contributed by atoms with E-state index in [4.69, 9.17) is 16.3 Å². The number of nitrogens with zero attached hydrogens (tertiary/aromatic N) is 2. The molecule has 2 aromatic rings. The molecular weight excluding hydrogens is 328 g/mol. The predicted octanol–water partition coefficient (Wildman–Crippen LogP) is 3.75. The van der Waals surface area contributed by atoms with Crippen molar-refractivity contribution in [2.45, 2.75) is 31.7 Å². The fourth-order valence-corrected chi connectivity index (χ4v) is 3.04. The van der Waals surface area contributed by atoms with Gasteiger partial charge in [0.15, 0.2) is 0 Å². The molecule has 1 amide bonds. The van der Waals surface area contributed by atoms with Crippen molar-refractivity contribution < 1.29 is 9.53 Å². The van der Waals surface area contributed by atoms with Crippen molar-refractivity contribution in [3.63, 3.8) is 0 Å². The Morgan fingerprint density at radius 1 is 1.25 bits per heavy atom. The van der Waals surface area contributed by atoms with Crippen LogP contribution < -0.4 is 15.4 Å². The first-order chi connectivity index (χ1) is 11.7. The molecule has 2 N–H and O–H groups in total. The third kappa shape index (κ3) is 3.94. The van der Waals surface area contributed by atoms with E-state index in [0.29, 0.717) is 34.0 Å². The maximum atomic E-state index is 12.4. The van der Waals surface area contributed by atoms with E-state index in [0.717, 1.165) is 12.8 Å². The lowest BCUT2D eigenvalue weighted by Gasteiger charge is -2.13. The normalized spacial score (nSPS) is 14.4. The summed E-state index contributed by atoms with van der Waals surface area (Å²) in [6.07, 6.45) is 6.13. The average molecular weight is 347 g/mol. The van der Waals surface area contributed by atoms with Crippen molar-refractivity contribution in [1.29, 1.82) is 0 Å². The Morgan fingerprint density at radius 3 is 2.75 bits per heavy atom. The quantitative estimate of drug-likeness (QED) is 0.862. The van der Waals surface area contributed by atoms with Gasteiger partial charge in [-0.1, -0.05) is 24.4 Å². The minimum absolute atomic E-state index is 0.303. The van der Waals surface area contributed by atoms with Crippen LogP contribution in [0.5, 0.6) is 5.75 Å². The zero-order valence-corrected chi connectivity index (χ0v) is 14.1. The van der Waals surface area contributed by atoms with E-state index in [9.17, 15) is 4.79 Å². The molecule has 0 unspecified atom stereocenters. The summed E-state index contributed by atoms with van der Waals surface area (Å²) in [5.41, 5.74) is 0.882. The molecule has 1 aromatic carbocycles. The lowest BCUT2D eigenvalue weighted by Crippen LogP contribution is -2.18. The number of anilines is 2. The highest BCUT2D eigenvalue weighted by Gasteiger charge is 2.16. The molecule has 3 rings (SSSR count). The summed E-state index contributed by atoms with van der Waals surface area (Å²) in [5, 5.41) is 6.56. The largest absolute Gasteiger partial charge is 0.495 e. The summed E-state index contributed by atoms with van der Waals surface area (Å²) in [6.45, 7) is 0. The number of benzene rings is 1. The molecule has 126 valence electrons. The van der Waals surface area contributed by atoms with E-state index in [1.165, 1.54) is 19.2 Å². The minimum Gasteiger partial charge on any atom is -0.495 e. The van der Waals surface area contributed by atoms with Crippen molar-refractivity contribution in [2.75, 3.05) is 17.7 Å². The summed E-state index contributed by atoms with van der Waals surface area (Å²) in [7, 11) is 1.54. The van der Waals surface area contributed by atoms with Gasteiger partial charge in [0.25, 0.3) is 5.91 Å². The van der Waals surface area contributed by atoms with Crippen molar-refractivity contribution in [1.82, 2.24) is 9.97 Å². The Morgan fingerprint density at radius 2 is 2.04 bits per heavy atom. The van der Waals surface area contributed by atoms with Crippen LogP contribution in [0.1, 0.15) is 36.2 Å². The number of rotatable bonds is 5. The van der Waals surface area contributed by atoms with Gasteiger partial charge in [0.05, 0.1) is 12.1 Å². The highest BCUT2D eigenvalue weighted by molar-refractivity contribution is 6.32. The van der Waals surface area contributed by atoms with Gasteiger partial charge in [-0.2, -0.15) is 0 Å². The van der Waals surface area contributed by atoms with Crippen molar-refractivity contribution in [2.24, 2.45) is 0 Å². The van der Waals surface area contributed by atoms with Gasteiger partial charge in [0, 0.05) is 17.8 Å². The van der Waals surface area contributed by atoms with E-state index in [1.54, 1.807) is 31.4 Å². The van der Waals surface area contributed by atoms with Gasteiger partial charge >= 0.3 is 0 Å². The molecule has 24 heavy (non-hydrogen) atoms. The van der Waals surface area contributed by atoms with Gasteiger partial charge in [-0.05, 0) is 31.0 Å². The summed E-state index contributed by atoms with van der Waals surface area (Å²) in [6, 6.07) is 7.15. The molecule has 1 aliphatic rings. The lowest BCUT2D eigenvalue weighted by molar-refractivity contribution is 0.102. The topological polar surface area (TPSA) is 76.1 Å². The van der Waals surface area contributed by atoms with Gasteiger partial charge in [0.1, 0.15) is 23.6 Å². The Balaban J connectivity index is 1.69.